The number of ketones is 1. The number of Topliss-reactive ketones (excluding diaryl/α,β-unsaturated/α-hetero) is 1. The molecule has 0 radical (unpaired) electrons. The summed E-state index contributed by atoms with van der Waals surface area (Å²) < 4.78 is 70.2. The third-order valence-electron chi connectivity index (χ3n) is 3.38. The first-order valence-corrected chi connectivity index (χ1v) is 9.38. The number of carbonyl (C=O) groups excluding carboxylic acids is 1. The molecule has 0 saturated heterocycles. The quantitative estimate of drug-likeness (QED) is 0.603. The van der Waals surface area contributed by atoms with Crippen LogP contribution in [0.15, 0.2) is 35.5 Å². The highest BCUT2D eigenvalue weighted by Crippen LogP contribution is 2.21. The van der Waals surface area contributed by atoms with Gasteiger partial charge in [-0.15, -0.1) is 13.2 Å². The molecular formula is C15H14ClF3N2O5S. The normalized spacial score (nSPS) is 12.2. The second-order valence-electron chi connectivity index (χ2n) is 5.23. The van der Waals surface area contributed by atoms with Crippen molar-refractivity contribution in [1.82, 2.24) is 9.55 Å². The van der Waals surface area contributed by atoms with E-state index in [0.29, 0.717) is 5.75 Å². The fourth-order valence-electron chi connectivity index (χ4n) is 2.08. The molecule has 148 valence electrons. The zero-order valence-corrected chi connectivity index (χ0v) is 15.4. The summed E-state index contributed by atoms with van der Waals surface area (Å²) in [5.74, 6) is -1.33. The first-order valence-electron chi connectivity index (χ1n) is 7.35. The zero-order valence-electron chi connectivity index (χ0n) is 13.9. The van der Waals surface area contributed by atoms with Crippen molar-refractivity contribution in [1.29, 1.82) is 0 Å². The van der Waals surface area contributed by atoms with Crippen LogP contribution in [0.2, 0.25) is 5.15 Å². The molecule has 1 aromatic heterocycles. The number of rotatable bonds is 8. The molecule has 0 aliphatic heterocycles. The number of methoxy groups -OCH3 is 1. The minimum absolute atomic E-state index is 0.0919. The van der Waals surface area contributed by atoms with E-state index in [1.807, 2.05) is 0 Å². The largest absolute Gasteiger partial charge is 0.522 e. The van der Waals surface area contributed by atoms with Gasteiger partial charge in [-0.1, -0.05) is 11.6 Å². The van der Waals surface area contributed by atoms with Crippen LogP contribution in [0.5, 0.6) is 5.75 Å². The summed E-state index contributed by atoms with van der Waals surface area (Å²) in [7, 11) is -2.54. The van der Waals surface area contributed by atoms with E-state index in [4.69, 9.17) is 16.3 Å². The maximum atomic E-state index is 12.3. The molecule has 12 heteroatoms. The van der Waals surface area contributed by atoms with E-state index in [9.17, 15) is 26.4 Å². The van der Waals surface area contributed by atoms with Crippen molar-refractivity contribution in [2.45, 2.75) is 17.8 Å². The maximum Gasteiger partial charge on any atom is 0.522 e. The molecule has 1 heterocycles. The second kappa shape index (κ2) is 8.28. The van der Waals surface area contributed by atoms with E-state index < -0.39 is 34.3 Å². The lowest BCUT2D eigenvalue weighted by molar-refractivity contribution is -0.325. The highest BCUT2D eigenvalue weighted by molar-refractivity contribution is 7.92. The molecule has 27 heavy (non-hydrogen) atoms. The van der Waals surface area contributed by atoms with Crippen molar-refractivity contribution in [3.8, 4) is 5.75 Å². The molecule has 0 N–H and O–H groups in total. The lowest BCUT2D eigenvalue weighted by atomic mass is 10.3. The molecule has 0 saturated carbocycles. The van der Waals surface area contributed by atoms with Crippen molar-refractivity contribution in [2.24, 2.45) is 0 Å². The highest BCUT2D eigenvalue weighted by atomic mass is 35.5. The Labute approximate surface area is 157 Å². The molecule has 0 unspecified atom stereocenters. The molecule has 2 aromatic rings. The summed E-state index contributed by atoms with van der Waals surface area (Å²) >= 11 is 5.92. The highest BCUT2D eigenvalue weighted by Gasteiger charge is 2.29. The minimum atomic E-state index is -4.79. The summed E-state index contributed by atoms with van der Waals surface area (Å²) in [6, 6.07) is 5.44. The van der Waals surface area contributed by atoms with Crippen LogP contribution in [0.25, 0.3) is 0 Å². The van der Waals surface area contributed by atoms with Crippen molar-refractivity contribution in [2.75, 3.05) is 19.5 Å². The molecule has 7 nitrogen and oxygen atoms in total. The van der Waals surface area contributed by atoms with Crippen LogP contribution in [0, 0.1) is 0 Å². The van der Waals surface area contributed by atoms with Gasteiger partial charge in [0, 0.05) is 6.54 Å². The van der Waals surface area contributed by atoms with Crippen LogP contribution >= 0.6 is 11.6 Å². The number of alkyl halides is 3. The molecule has 2 rings (SSSR count). The van der Waals surface area contributed by atoms with Crippen LogP contribution in [0.3, 0.4) is 0 Å². The molecule has 0 spiro atoms. The van der Waals surface area contributed by atoms with Gasteiger partial charge in [0.15, 0.2) is 15.6 Å². The lowest BCUT2D eigenvalue weighted by Crippen LogP contribution is -2.18. The summed E-state index contributed by atoms with van der Waals surface area (Å²) in [5, 5.41) is -0.268. The van der Waals surface area contributed by atoms with Crippen LogP contribution < -0.4 is 4.74 Å². The number of aromatic nitrogens is 2. The van der Waals surface area contributed by atoms with E-state index in [0.717, 1.165) is 10.9 Å². The zero-order chi connectivity index (χ0) is 20.2. The number of sulfone groups is 1. The number of imidazole rings is 1. The Balaban J connectivity index is 2.09. The first kappa shape index (κ1) is 21.2. The van der Waals surface area contributed by atoms with Gasteiger partial charge in [0.05, 0.1) is 24.9 Å². The second-order valence-corrected chi connectivity index (χ2v) is 7.58. The standard InChI is InChI=1S/C15H14ClF3N2O5S/c1-25-10-2-4-11(5-3-10)27(23,24)8-12(22)13-14(16)21(9-20-13)6-7-26-15(17,18)19/h2-5,9H,6-8H2,1H3. The van der Waals surface area contributed by atoms with Crippen molar-refractivity contribution < 1.29 is 35.9 Å². The van der Waals surface area contributed by atoms with Gasteiger partial charge in [0.25, 0.3) is 0 Å². The summed E-state index contributed by atoms with van der Waals surface area (Å²) in [5.41, 5.74) is -0.347. The van der Waals surface area contributed by atoms with E-state index in [2.05, 4.69) is 9.72 Å². The van der Waals surface area contributed by atoms with Gasteiger partial charge in [0.2, 0.25) is 0 Å². The van der Waals surface area contributed by atoms with Crippen molar-refractivity contribution >= 4 is 27.2 Å². The topological polar surface area (TPSA) is 87.5 Å². The van der Waals surface area contributed by atoms with E-state index >= 15 is 0 Å². The van der Waals surface area contributed by atoms with Crippen LogP contribution in [-0.4, -0.2) is 49.6 Å². The third-order valence-corrected chi connectivity index (χ3v) is 5.40. The van der Waals surface area contributed by atoms with Crippen LogP contribution in [0.1, 0.15) is 10.5 Å². The van der Waals surface area contributed by atoms with Crippen LogP contribution in [0.4, 0.5) is 13.2 Å². The molecule has 0 amide bonds. The number of nitrogens with zero attached hydrogens (tertiary/aromatic N) is 2. The summed E-state index contributed by atoms with van der Waals surface area (Å²) in [6.07, 6.45) is -3.76. The third kappa shape index (κ3) is 5.68. The van der Waals surface area contributed by atoms with Gasteiger partial charge in [-0.2, -0.15) is 0 Å². The first-order chi connectivity index (χ1) is 12.5. The predicted molar refractivity (Wildman–Crippen MR) is 88.6 cm³/mol. The number of carbonyl (C=O) groups is 1. The number of hydrogen-bond acceptors (Lipinski definition) is 6. The van der Waals surface area contributed by atoms with E-state index in [-0.39, 0.29) is 22.3 Å². The van der Waals surface area contributed by atoms with Gasteiger partial charge in [-0.05, 0) is 24.3 Å². The number of hydrogen-bond donors (Lipinski definition) is 0. The predicted octanol–water partition coefficient (Wildman–Crippen LogP) is 2.74. The number of ether oxygens (including phenoxy) is 2. The number of halogens is 4. The minimum Gasteiger partial charge on any atom is -0.497 e. The molecule has 0 bridgehead atoms. The Bertz CT molecular complexity index is 911. The Morgan fingerprint density at radius 3 is 2.44 bits per heavy atom. The Hall–Kier alpha value is -2.11. The monoisotopic (exact) mass is 426 g/mol. The molecule has 0 fully saturated rings. The summed E-state index contributed by atoms with van der Waals surface area (Å²) in [6.45, 7) is -1.05. The van der Waals surface area contributed by atoms with Gasteiger partial charge in [-0.25, -0.2) is 13.4 Å². The van der Waals surface area contributed by atoms with Gasteiger partial charge in [-0.3, -0.25) is 9.53 Å². The van der Waals surface area contributed by atoms with Gasteiger partial charge in [0.1, 0.15) is 22.3 Å². The van der Waals surface area contributed by atoms with Crippen LogP contribution in [-0.2, 0) is 21.1 Å². The van der Waals surface area contributed by atoms with Crippen molar-refractivity contribution in [3.63, 3.8) is 0 Å². The Kier molecular flexibility index (Phi) is 6.50. The van der Waals surface area contributed by atoms with E-state index in [1.54, 1.807) is 0 Å². The lowest BCUT2D eigenvalue weighted by Gasteiger charge is -2.08. The van der Waals surface area contributed by atoms with Gasteiger partial charge < -0.3 is 9.30 Å². The average Bonchev–Trinajstić information content (AvgIpc) is 2.94. The average molecular weight is 427 g/mol. The Morgan fingerprint density at radius 1 is 1.26 bits per heavy atom. The fraction of sp³-hybridized carbons (Fsp3) is 0.333. The summed E-state index contributed by atoms with van der Waals surface area (Å²) in [4.78, 5) is 15.9. The fourth-order valence-corrected chi connectivity index (χ4v) is 3.56. The Morgan fingerprint density at radius 2 is 1.89 bits per heavy atom. The molecule has 0 aliphatic rings. The maximum absolute atomic E-state index is 12.3. The molecular weight excluding hydrogens is 413 g/mol. The SMILES string of the molecule is COc1ccc(S(=O)(=O)CC(=O)c2ncn(CCOC(F)(F)F)c2Cl)cc1. The molecule has 0 atom stereocenters. The van der Waals surface area contributed by atoms with Crippen molar-refractivity contribution in [3.05, 3.63) is 41.4 Å². The smallest absolute Gasteiger partial charge is 0.497 e. The van der Waals surface area contributed by atoms with Gasteiger partial charge >= 0.3 is 6.36 Å². The molecule has 1 aromatic carbocycles. The number of benzene rings is 1. The van der Waals surface area contributed by atoms with E-state index in [1.165, 1.54) is 31.4 Å². The molecule has 0 aliphatic carbocycles.